The Kier molecular flexibility index (Phi) is 3.47. The zero-order valence-electron chi connectivity index (χ0n) is 11.2. The summed E-state index contributed by atoms with van der Waals surface area (Å²) in [6.45, 7) is 0.371. The van der Waals surface area contributed by atoms with Gasteiger partial charge in [-0.25, -0.2) is 4.79 Å². The molecule has 2 aliphatic rings. The third-order valence-electron chi connectivity index (χ3n) is 3.49. The Balaban J connectivity index is 1.45. The summed E-state index contributed by atoms with van der Waals surface area (Å²) in [4.78, 5) is 34.1. The van der Waals surface area contributed by atoms with Crippen molar-refractivity contribution in [1.29, 1.82) is 0 Å². The summed E-state index contributed by atoms with van der Waals surface area (Å²) in [5, 5.41) is 7.20. The molecule has 7 nitrogen and oxygen atoms in total. The lowest BCUT2D eigenvalue weighted by Crippen LogP contribution is -2.39. The number of ether oxygens (including phenoxy) is 1. The first-order chi connectivity index (χ1) is 10.1. The van der Waals surface area contributed by atoms with E-state index in [-0.39, 0.29) is 18.4 Å². The van der Waals surface area contributed by atoms with Crippen LogP contribution in [0.3, 0.4) is 0 Å². The number of nitrogens with one attached hydrogen (secondary N) is 3. The smallest absolute Gasteiger partial charge is 0.322 e. The number of imide groups is 1. The van der Waals surface area contributed by atoms with E-state index in [1.807, 2.05) is 24.3 Å². The first kappa shape index (κ1) is 13.4. The van der Waals surface area contributed by atoms with E-state index >= 15 is 0 Å². The molecule has 4 amide bonds. The molecular formula is C14H15N3O4. The van der Waals surface area contributed by atoms with E-state index in [1.165, 1.54) is 0 Å². The van der Waals surface area contributed by atoms with Crippen LogP contribution in [-0.4, -0.2) is 36.5 Å². The molecule has 0 radical (unpaired) electrons. The topological polar surface area (TPSA) is 96.5 Å². The first-order valence-electron chi connectivity index (χ1n) is 6.74. The maximum atomic E-state index is 11.8. The molecule has 0 aromatic heterocycles. The van der Waals surface area contributed by atoms with Crippen LogP contribution in [0.15, 0.2) is 24.3 Å². The number of amides is 4. The van der Waals surface area contributed by atoms with Crippen LogP contribution >= 0.6 is 0 Å². The number of hydrogen-bond acceptors (Lipinski definition) is 4. The molecule has 0 saturated carbocycles. The second-order valence-electron chi connectivity index (χ2n) is 5.08. The van der Waals surface area contributed by atoms with Crippen molar-refractivity contribution in [2.75, 3.05) is 6.54 Å². The summed E-state index contributed by atoms with van der Waals surface area (Å²) in [5.41, 5.74) is 1.12. The summed E-state index contributed by atoms with van der Waals surface area (Å²) in [5.74, 6) is 0.0794. The summed E-state index contributed by atoms with van der Waals surface area (Å²) >= 11 is 0. The van der Waals surface area contributed by atoms with Crippen molar-refractivity contribution in [2.45, 2.75) is 25.0 Å². The fourth-order valence-electron chi connectivity index (χ4n) is 2.46. The van der Waals surface area contributed by atoms with E-state index in [9.17, 15) is 14.4 Å². The number of urea groups is 1. The van der Waals surface area contributed by atoms with E-state index in [4.69, 9.17) is 4.74 Å². The van der Waals surface area contributed by atoms with Crippen molar-refractivity contribution in [2.24, 2.45) is 0 Å². The van der Waals surface area contributed by atoms with Crippen LogP contribution in [0.2, 0.25) is 0 Å². The van der Waals surface area contributed by atoms with E-state index in [1.54, 1.807) is 0 Å². The molecule has 2 aliphatic heterocycles. The minimum atomic E-state index is -0.792. The number of benzene rings is 1. The molecule has 1 fully saturated rings. The molecule has 0 bridgehead atoms. The molecule has 110 valence electrons. The highest BCUT2D eigenvalue weighted by atomic mass is 16.5. The van der Waals surface area contributed by atoms with Crippen molar-refractivity contribution in [3.8, 4) is 5.75 Å². The maximum absolute atomic E-state index is 11.8. The standard InChI is InChI=1S/C14H15N3O4/c18-12(6-10-13(19)17-14(20)16-10)15-7-9-5-8-3-1-2-4-11(8)21-9/h1-4,9-10H,5-7H2,(H,15,18)(H2,16,17,19,20). The van der Waals surface area contributed by atoms with Crippen LogP contribution in [0, 0.1) is 0 Å². The molecule has 2 unspecified atom stereocenters. The van der Waals surface area contributed by atoms with Crippen LogP contribution < -0.4 is 20.7 Å². The molecule has 0 spiro atoms. The quantitative estimate of drug-likeness (QED) is 0.663. The average molecular weight is 289 g/mol. The molecule has 1 aromatic rings. The Morgan fingerprint density at radius 1 is 1.33 bits per heavy atom. The van der Waals surface area contributed by atoms with Gasteiger partial charge in [-0.05, 0) is 11.6 Å². The van der Waals surface area contributed by atoms with Gasteiger partial charge < -0.3 is 15.4 Å². The molecule has 1 aromatic carbocycles. The van der Waals surface area contributed by atoms with Crippen molar-refractivity contribution >= 4 is 17.8 Å². The van der Waals surface area contributed by atoms with Gasteiger partial charge in [-0.2, -0.15) is 0 Å². The van der Waals surface area contributed by atoms with E-state index in [2.05, 4.69) is 16.0 Å². The summed E-state index contributed by atoms with van der Waals surface area (Å²) in [6, 6.07) is 6.39. The maximum Gasteiger partial charge on any atom is 0.322 e. The number of carbonyl (C=O) groups excluding carboxylic acids is 3. The fraction of sp³-hybridized carbons (Fsp3) is 0.357. The Labute approximate surface area is 121 Å². The van der Waals surface area contributed by atoms with Crippen LogP contribution in [-0.2, 0) is 16.0 Å². The van der Waals surface area contributed by atoms with Gasteiger partial charge >= 0.3 is 6.03 Å². The number of para-hydroxylation sites is 1. The highest BCUT2D eigenvalue weighted by Crippen LogP contribution is 2.27. The molecule has 1 saturated heterocycles. The Morgan fingerprint density at radius 3 is 2.86 bits per heavy atom. The third-order valence-corrected chi connectivity index (χ3v) is 3.49. The minimum absolute atomic E-state index is 0.0722. The number of rotatable bonds is 4. The Hall–Kier alpha value is -2.57. The SMILES string of the molecule is O=C(CC1NC(=O)NC1=O)NCC1Cc2ccccc2O1. The van der Waals surface area contributed by atoms with Gasteiger partial charge in [0, 0.05) is 6.42 Å². The van der Waals surface area contributed by atoms with E-state index in [0.29, 0.717) is 6.54 Å². The highest BCUT2D eigenvalue weighted by Gasteiger charge is 2.31. The van der Waals surface area contributed by atoms with Crippen molar-refractivity contribution in [1.82, 2.24) is 16.0 Å². The van der Waals surface area contributed by atoms with Crippen molar-refractivity contribution in [3.05, 3.63) is 29.8 Å². The van der Waals surface area contributed by atoms with Gasteiger partial charge in [-0.15, -0.1) is 0 Å². The first-order valence-corrected chi connectivity index (χ1v) is 6.74. The predicted octanol–water partition coefficient (Wildman–Crippen LogP) is -0.296. The largest absolute Gasteiger partial charge is 0.488 e. The van der Waals surface area contributed by atoms with Gasteiger partial charge in [0.25, 0.3) is 5.91 Å². The van der Waals surface area contributed by atoms with Crippen LogP contribution in [0.4, 0.5) is 4.79 Å². The van der Waals surface area contributed by atoms with Crippen LogP contribution in [0.5, 0.6) is 5.75 Å². The van der Waals surface area contributed by atoms with Crippen molar-refractivity contribution < 1.29 is 19.1 Å². The normalized spacial score (nSPS) is 23.0. The van der Waals surface area contributed by atoms with E-state index in [0.717, 1.165) is 17.7 Å². The zero-order valence-corrected chi connectivity index (χ0v) is 11.2. The predicted molar refractivity (Wildman–Crippen MR) is 72.7 cm³/mol. The minimum Gasteiger partial charge on any atom is -0.488 e. The van der Waals surface area contributed by atoms with Gasteiger partial charge in [0.1, 0.15) is 17.9 Å². The van der Waals surface area contributed by atoms with Gasteiger partial charge in [-0.1, -0.05) is 18.2 Å². The Morgan fingerprint density at radius 2 is 2.14 bits per heavy atom. The molecule has 21 heavy (non-hydrogen) atoms. The molecule has 2 atom stereocenters. The summed E-state index contributed by atoms with van der Waals surface area (Å²) in [7, 11) is 0. The second-order valence-corrected chi connectivity index (χ2v) is 5.08. The molecule has 0 aliphatic carbocycles. The zero-order chi connectivity index (χ0) is 14.8. The van der Waals surface area contributed by atoms with Crippen LogP contribution in [0.1, 0.15) is 12.0 Å². The third kappa shape index (κ3) is 2.96. The number of hydrogen-bond donors (Lipinski definition) is 3. The molecule has 7 heteroatoms. The fourth-order valence-corrected chi connectivity index (χ4v) is 2.46. The molecular weight excluding hydrogens is 274 g/mol. The van der Waals surface area contributed by atoms with Crippen LogP contribution in [0.25, 0.3) is 0 Å². The average Bonchev–Trinajstić information content (AvgIpc) is 2.99. The number of carbonyl (C=O) groups is 3. The highest BCUT2D eigenvalue weighted by molar-refractivity contribution is 6.05. The molecule has 3 rings (SSSR count). The lowest BCUT2D eigenvalue weighted by molar-refractivity contribution is -0.126. The van der Waals surface area contributed by atoms with Gasteiger partial charge in [0.2, 0.25) is 5.91 Å². The molecule has 2 heterocycles. The lowest BCUT2D eigenvalue weighted by Gasteiger charge is -2.13. The van der Waals surface area contributed by atoms with Gasteiger partial charge in [0.15, 0.2) is 0 Å². The van der Waals surface area contributed by atoms with Crippen molar-refractivity contribution in [3.63, 3.8) is 0 Å². The summed E-state index contributed by atoms with van der Waals surface area (Å²) in [6.07, 6.45) is 0.576. The Bertz CT molecular complexity index is 577. The molecule has 3 N–H and O–H groups in total. The van der Waals surface area contributed by atoms with Gasteiger partial charge in [-0.3, -0.25) is 14.9 Å². The summed E-state index contributed by atoms with van der Waals surface area (Å²) < 4.78 is 5.70. The van der Waals surface area contributed by atoms with Gasteiger partial charge in [0.05, 0.1) is 13.0 Å². The number of fused-ring (bicyclic) bond motifs is 1. The monoisotopic (exact) mass is 289 g/mol. The second kappa shape index (κ2) is 5.43. The van der Waals surface area contributed by atoms with E-state index < -0.39 is 18.0 Å². The lowest BCUT2D eigenvalue weighted by atomic mass is 10.1.